The van der Waals surface area contributed by atoms with Gasteiger partial charge >= 0.3 is 0 Å². The van der Waals surface area contributed by atoms with Gasteiger partial charge in [-0.15, -0.1) is 0 Å². The van der Waals surface area contributed by atoms with Gasteiger partial charge in [-0.25, -0.2) is 15.0 Å². The number of aryl methyl sites for hydroxylation is 1. The molecule has 0 amide bonds. The summed E-state index contributed by atoms with van der Waals surface area (Å²) in [5, 5.41) is 10.8. The maximum Gasteiger partial charge on any atom is 0.201 e. The molecule has 3 aliphatic rings. The Balaban J connectivity index is 1.62. The van der Waals surface area contributed by atoms with Crippen molar-refractivity contribution in [3.63, 3.8) is 0 Å². The molecule has 1 spiro atoms. The molecule has 2 unspecified atom stereocenters. The molecule has 6 atom stereocenters. The Morgan fingerprint density at radius 3 is 2.96 bits per heavy atom. The first-order chi connectivity index (χ1) is 10.8. The average Bonchev–Trinajstić information content (AvgIpc) is 2.74. The molecule has 0 radical (unpaired) electrons. The third-order valence-electron chi connectivity index (χ3n) is 6.00. The van der Waals surface area contributed by atoms with Crippen LogP contribution >= 0.6 is 7.37 Å². The van der Waals surface area contributed by atoms with Gasteiger partial charge in [0, 0.05) is 18.2 Å². The van der Waals surface area contributed by atoms with Crippen molar-refractivity contribution in [2.24, 2.45) is 17.3 Å². The number of nitrogens with two attached hydrogens (primary N) is 1. The van der Waals surface area contributed by atoms with Crippen LogP contribution in [-0.2, 0) is 4.57 Å². The van der Waals surface area contributed by atoms with Gasteiger partial charge in [0.25, 0.3) is 0 Å². The molecule has 0 bridgehead atoms. The molecule has 0 aromatic carbocycles. The highest BCUT2D eigenvalue weighted by Gasteiger charge is 2.76. The topological polar surface area (TPSA) is 127 Å². The number of hydrogen-bond acceptors (Lipinski definition) is 6. The van der Waals surface area contributed by atoms with Crippen molar-refractivity contribution in [3.05, 3.63) is 12.2 Å². The lowest BCUT2D eigenvalue weighted by Crippen LogP contribution is -2.29. The fraction of sp³-hybridized carbons (Fsp3) is 0.643. The molecule has 9 heteroatoms. The molecular weight excluding hydrogens is 317 g/mol. The summed E-state index contributed by atoms with van der Waals surface area (Å²) in [5.74, 6) is 1.00. The van der Waals surface area contributed by atoms with E-state index in [1.54, 1.807) is 13.3 Å². The van der Waals surface area contributed by atoms with Crippen LogP contribution in [0.15, 0.2) is 6.33 Å². The Morgan fingerprint density at radius 2 is 2.22 bits per heavy atom. The van der Waals surface area contributed by atoms with E-state index in [0.29, 0.717) is 29.0 Å². The van der Waals surface area contributed by atoms with Crippen LogP contribution in [0.3, 0.4) is 0 Å². The summed E-state index contributed by atoms with van der Waals surface area (Å²) < 4.78 is 14.0. The van der Waals surface area contributed by atoms with Crippen molar-refractivity contribution < 1.29 is 14.6 Å². The van der Waals surface area contributed by atoms with E-state index in [-0.39, 0.29) is 29.5 Å². The number of nitrogen functional groups attached to an aromatic ring is 1. The fourth-order valence-electron chi connectivity index (χ4n) is 5.10. The average molecular weight is 335 g/mol. The molecule has 3 heterocycles. The van der Waals surface area contributed by atoms with Gasteiger partial charge in [-0.1, -0.05) is 0 Å². The van der Waals surface area contributed by atoms with Crippen LogP contribution < -0.4 is 5.73 Å². The fourth-order valence-corrected chi connectivity index (χ4v) is 7.94. The number of aliphatic hydroxyl groups excluding tert-OH is 1. The quantitative estimate of drug-likeness (QED) is 0.649. The minimum Gasteiger partial charge on any atom is -0.391 e. The molecular formula is C14H18N5O3P. The van der Waals surface area contributed by atoms with E-state index >= 15 is 0 Å². The molecule has 122 valence electrons. The lowest BCUT2D eigenvalue weighted by molar-refractivity contribution is 0.0769. The molecule has 2 aromatic heterocycles. The number of hydrogen-bond donors (Lipinski definition) is 3. The first-order valence-electron chi connectivity index (χ1n) is 7.78. The highest BCUT2D eigenvalue weighted by molar-refractivity contribution is 7.58. The summed E-state index contributed by atoms with van der Waals surface area (Å²) >= 11 is 0. The van der Waals surface area contributed by atoms with Crippen molar-refractivity contribution in [1.29, 1.82) is 0 Å². The molecule has 1 aliphatic heterocycles. The predicted octanol–water partition coefficient (Wildman–Crippen LogP) is 0.539. The standard InChI is InChI=1S/C14H18N5O3P/c1-6-17-12(15)9-13(18-6)19(5-16-9)10-7-2-14(7)4-23(21,22)3-8(14)11(10)20/h5,7-8,10-11,20H,2-4H2,1H3,(H,21,22)(H2,15,17,18)/t7-,8+,10-,11-,14?/m1/s1. The van der Waals surface area contributed by atoms with Gasteiger partial charge in [-0.2, -0.15) is 0 Å². The second-order valence-corrected chi connectivity index (χ2v) is 9.67. The number of rotatable bonds is 1. The first-order valence-corrected chi connectivity index (χ1v) is 9.81. The van der Waals surface area contributed by atoms with Crippen LogP contribution in [0.25, 0.3) is 11.2 Å². The largest absolute Gasteiger partial charge is 0.391 e. The van der Waals surface area contributed by atoms with E-state index in [2.05, 4.69) is 15.0 Å². The van der Waals surface area contributed by atoms with Gasteiger partial charge in [0.15, 0.2) is 11.5 Å². The number of anilines is 1. The van der Waals surface area contributed by atoms with Crippen molar-refractivity contribution in [2.75, 3.05) is 18.1 Å². The first kappa shape index (κ1) is 13.9. The number of aliphatic hydroxyl groups is 1. The zero-order chi connectivity index (χ0) is 16.1. The van der Waals surface area contributed by atoms with Gasteiger partial charge in [0.05, 0.1) is 18.5 Å². The Morgan fingerprint density at radius 1 is 1.43 bits per heavy atom. The molecule has 23 heavy (non-hydrogen) atoms. The number of aromatic nitrogens is 4. The van der Waals surface area contributed by atoms with E-state index in [4.69, 9.17) is 5.73 Å². The second kappa shape index (κ2) is 3.94. The maximum absolute atomic E-state index is 12.1. The number of nitrogens with zero attached hydrogens (tertiary/aromatic N) is 4. The van der Waals surface area contributed by atoms with Crippen LogP contribution in [0.4, 0.5) is 5.82 Å². The van der Waals surface area contributed by atoms with Crippen LogP contribution in [0, 0.1) is 24.2 Å². The molecule has 1 saturated heterocycles. The smallest absolute Gasteiger partial charge is 0.201 e. The summed E-state index contributed by atoms with van der Waals surface area (Å²) in [5.41, 5.74) is 6.92. The van der Waals surface area contributed by atoms with Gasteiger partial charge in [0.1, 0.15) is 11.3 Å². The monoisotopic (exact) mass is 335 g/mol. The van der Waals surface area contributed by atoms with Crippen molar-refractivity contribution >= 4 is 24.4 Å². The molecule has 2 saturated carbocycles. The third kappa shape index (κ3) is 1.64. The maximum atomic E-state index is 12.1. The zero-order valence-electron chi connectivity index (χ0n) is 12.6. The second-order valence-electron chi connectivity index (χ2n) is 7.30. The van der Waals surface area contributed by atoms with Crippen LogP contribution in [-0.4, -0.2) is 47.9 Å². The summed E-state index contributed by atoms with van der Waals surface area (Å²) in [6, 6.07) is -0.154. The summed E-state index contributed by atoms with van der Waals surface area (Å²) in [4.78, 5) is 22.8. The lowest BCUT2D eigenvalue weighted by atomic mass is 9.92. The van der Waals surface area contributed by atoms with Gasteiger partial charge in [0.2, 0.25) is 7.37 Å². The van der Waals surface area contributed by atoms with Crippen molar-refractivity contribution in [3.8, 4) is 0 Å². The van der Waals surface area contributed by atoms with Gasteiger partial charge in [-0.05, 0) is 24.7 Å². The minimum atomic E-state index is -3.08. The van der Waals surface area contributed by atoms with E-state index in [9.17, 15) is 14.6 Å². The molecule has 3 fully saturated rings. The Hall–Kier alpha value is -1.50. The SMILES string of the molecule is Cc1nc(N)c2ncn([C@H]3[C@H](O)[C@@H]4CP(=O)(O)CC45C[C@H]35)c2n1. The van der Waals surface area contributed by atoms with Crippen LogP contribution in [0.1, 0.15) is 18.3 Å². The van der Waals surface area contributed by atoms with E-state index in [1.807, 2.05) is 4.57 Å². The summed E-state index contributed by atoms with van der Waals surface area (Å²) in [6.07, 6.45) is 2.47. The highest BCUT2D eigenvalue weighted by atomic mass is 31.2. The highest BCUT2D eigenvalue weighted by Crippen LogP contribution is 2.79. The van der Waals surface area contributed by atoms with Gasteiger partial charge in [-0.3, -0.25) is 4.57 Å². The van der Waals surface area contributed by atoms with E-state index in [0.717, 1.165) is 6.42 Å². The normalized spacial score (nSPS) is 44.5. The Labute approximate surface area is 132 Å². The Bertz CT molecular complexity index is 896. The molecule has 4 N–H and O–H groups in total. The summed E-state index contributed by atoms with van der Waals surface area (Å²) in [6.45, 7) is 1.77. The minimum absolute atomic E-state index is 0.105. The van der Waals surface area contributed by atoms with E-state index < -0.39 is 13.5 Å². The molecule has 5 rings (SSSR count). The van der Waals surface area contributed by atoms with Crippen molar-refractivity contribution in [2.45, 2.75) is 25.5 Å². The summed E-state index contributed by atoms with van der Waals surface area (Å²) in [7, 11) is -3.08. The lowest BCUT2D eigenvalue weighted by Gasteiger charge is -2.24. The number of fused-ring (bicyclic) bond motifs is 1. The molecule has 2 aliphatic carbocycles. The van der Waals surface area contributed by atoms with Crippen molar-refractivity contribution in [1.82, 2.24) is 19.5 Å². The van der Waals surface area contributed by atoms with E-state index in [1.165, 1.54) is 0 Å². The van der Waals surface area contributed by atoms with Crippen LogP contribution in [0.5, 0.6) is 0 Å². The molecule has 2 aromatic rings. The number of imidazole rings is 1. The zero-order valence-corrected chi connectivity index (χ0v) is 13.5. The predicted molar refractivity (Wildman–Crippen MR) is 83.1 cm³/mol. The molecule has 8 nitrogen and oxygen atoms in total. The Kier molecular flexibility index (Phi) is 2.38. The van der Waals surface area contributed by atoms with Gasteiger partial charge < -0.3 is 20.3 Å². The van der Waals surface area contributed by atoms with Crippen LogP contribution in [0.2, 0.25) is 0 Å². The third-order valence-corrected chi connectivity index (χ3v) is 8.04.